The van der Waals surface area contributed by atoms with Crippen LogP contribution in [0.15, 0.2) is 24.3 Å². The molecule has 0 saturated carbocycles. The van der Waals surface area contributed by atoms with Gasteiger partial charge in [-0.05, 0) is 23.6 Å². The Bertz CT molecular complexity index is 216. The molecule has 0 saturated heterocycles. The third kappa shape index (κ3) is 6.53. The van der Waals surface area contributed by atoms with E-state index in [9.17, 15) is 0 Å². The first-order chi connectivity index (χ1) is 6.70. The molecule has 0 heterocycles. The van der Waals surface area contributed by atoms with Crippen molar-refractivity contribution in [3.8, 4) is 5.75 Å². The minimum atomic E-state index is 0.353. The lowest BCUT2D eigenvalue weighted by atomic mass is 10.0. The maximum atomic E-state index is 9.06. The zero-order valence-electron chi connectivity index (χ0n) is 10.3. The van der Waals surface area contributed by atoms with E-state index in [0.717, 1.165) is 0 Å². The smallest absolute Gasteiger partial charge is 0.115 e. The first-order valence-electron chi connectivity index (χ1n) is 5.49. The molecule has 0 spiro atoms. The second-order valence-electron chi connectivity index (χ2n) is 2.75. The van der Waals surface area contributed by atoms with E-state index in [0.29, 0.717) is 11.7 Å². The lowest BCUT2D eigenvalue weighted by molar-refractivity contribution is 0.474. The molecule has 0 bridgehead atoms. The molecule has 1 aromatic carbocycles. The third-order valence-electron chi connectivity index (χ3n) is 1.54. The minimum absolute atomic E-state index is 0.353. The van der Waals surface area contributed by atoms with Gasteiger partial charge in [-0.1, -0.05) is 53.7 Å². The Morgan fingerprint density at radius 1 is 1.00 bits per heavy atom. The van der Waals surface area contributed by atoms with Crippen molar-refractivity contribution in [2.24, 2.45) is 0 Å². The number of benzene rings is 1. The van der Waals surface area contributed by atoms with Crippen LogP contribution in [0.1, 0.15) is 53.0 Å². The number of aromatic hydroxyl groups is 1. The van der Waals surface area contributed by atoms with Crippen molar-refractivity contribution in [3.05, 3.63) is 29.8 Å². The van der Waals surface area contributed by atoms with Gasteiger partial charge in [-0.25, -0.2) is 0 Å². The van der Waals surface area contributed by atoms with Gasteiger partial charge in [0.1, 0.15) is 5.75 Å². The van der Waals surface area contributed by atoms with E-state index < -0.39 is 0 Å². The van der Waals surface area contributed by atoms with Gasteiger partial charge in [0.15, 0.2) is 0 Å². The predicted octanol–water partition coefficient (Wildman–Crippen LogP) is 4.57. The van der Waals surface area contributed by atoms with Gasteiger partial charge in [0.05, 0.1) is 0 Å². The van der Waals surface area contributed by atoms with E-state index in [4.69, 9.17) is 5.11 Å². The Balaban J connectivity index is 0. The van der Waals surface area contributed by atoms with Crippen LogP contribution in [0.4, 0.5) is 0 Å². The molecule has 1 heteroatoms. The van der Waals surface area contributed by atoms with Crippen LogP contribution in [-0.4, -0.2) is 5.11 Å². The second-order valence-corrected chi connectivity index (χ2v) is 2.75. The quantitative estimate of drug-likeness (QED) is 0.697. The van der Waals surface area contributed by atoms with Crippen LogP contribution in [0.3, 0.4) is 0 Å². The highest BCUT2D eigenvalue weighted by molar-refractivity contribution is 5.28. The average Bonchev–Trinajstić information content (AvgIpc) is 2.24. The Morgan fingerprint density at radius 3 is 1.79 bits per heavy atom. The van der Waals surface area contributed by atoms with E-state index in [1.54, 1.807) is 12.1 Å². The molecule has 1 N–H and O–H groups in total. The van der Waals surface area contributed by atoms with Gasteiger partial charge < -0.3 is 5.11 Å². The molecule has 0 amide bonds. The third-order valence-corrected chi connectivity index (χ3v) is 1.54. The Kier molecular flexibility index (Phi) is 11.2. The number of hydrogen-bond donors (Lipinski definition) is 1. The Labute approximate surface area is 88.8 Å². The van der Waals surface area contributed by atoms with Crippen LogP contribution in [0.5, 0.6) is 5.75 Å². The van der Waals surface area contributed by atoms with Crippen molar-refractivity contribution >= 4 is 0 Å². The molecule has 0 atom stereocenters. The highest BCUT2D eigenvalue weighted by Crippen LogP contribution is 2.18. The maximum absolute atomic E-state index is 9.06. The van der Waals surface area contributed by atoms with Gasteiger partial charge in [-0.3, -0.25) is 0 Å². The monoisotopic (exact) mass is 196 g/mol. The molecule has 1 aromatic rings. The van der Waals surface area contributed by atoms with Gasteiger partial charge in [-0.15, -0.1) is 0 Å². The summed E-state index contributed by atoms with van der Waals surface area (Å²) in [6.07, 6.45) is 0. The van der Waals surface area contributed by atoms with Crippen LogP contribution in [0, 0.1) is 0 Å². The molecule has 0 aliphatic carbocycles. The molecule has 0 aliphatic rings. The maximum Gasteiger partial charge on any atom is 0.115 e. The first-order valence-corrected chi connectivity index (χ1v) is 5.49. The summed E-state index contributed by atoms with van der Waals surface area (Å²) in [6, 6.07) is 7.37. The van der Waals surface area contributed by atoms with Crippen molar-refractivity contribution in [1.29, 1.82) is 0 Å². The fraction of sp³-hybridized carbons (Fsp3) is 0.538. The summed E-state index contributed by atoms with van der Waals surface area (Å²) < 4.78 is 0. The molecule has 14 heavy (non-hydrogen) atoms. The highest BCUT2D eigenvalue weighted by Gasteiger charge is 1.97. The first kappa shape index (κ1) is 15.5. The van der Waals surface area contributed by atoms with Crippen LogP contribution in [-0.2, 0) is 0 Å². The van der Waals surface area contributed by atoms with Crippen molar-refractivity contribution in [3.63, 3.8) is 0 Å². The standard InChI is InChI=1S/C9H12O.2C2H6/c1-7(2)8-4-3-5-9(10)6-8;2*1-2/h3-7,10H,1-2H3;2*1-2H3. The number of phenolic OH excluding ortho intramolecular Hbond substituents is 1. The van der Waals surface area contributed by atoms with Crippen molar-refractivity contribution in [2.75, 3.05) is 0 Å². The summed E-state index contributed by atoms with van der Waals surface area (Å²) >= 11 is 0. The Hall–Kier alpha value is -0.980. The summed E-state index contributed by atoms with van der Waals surface area (Å²) in [7, 11) is 0. The van der Waals surface area contributed by atoms with Crippen molar-refractivity contribution in [2.45, 2.75) is 47.5 Å². The van der Waals surface area contributed by atoms with E-state index in [1.807, 2.05) is 39.8 Å². The van der Waals surface area contributed by atoms with E-state index >= 15 is 0 Å². The lowest BCUT2D eigenvalue weighted by Crippen LogP contribution is -1.84. The second kappa shape index (κ2) is 10.1. The number of hydrogen-bond acceptors (Lipinski definition) is 1. The molecule has 0 aromatic heterocycles. The fourth-order valence-electron chi connectivity index (χ4n) is 0.884. The normalized spacial score (nSPS) is 8.21. The average molecular weight is 196 g/mol. The number of rotatable bonds is 1. The predicted molar refractivity (Wildman–Crippen MR) is 64.9 cm³/mol. The summed E-state index contributed by atoms with van der Waals surface area (Å²) in [6.45, 7) is 12.2. The molecule has 1 rings (SSSR count). The van der Waals surface area contributed by atoms with Gasteiger partial charge >= 0.3 is 0 Å². The number of phenols is 1. The summed E-state index contributed by atoms with van der Waals surface area (Å²) in [5.41, 5.74) is 1.18. The van der Waals surface area contributed by atoms with Crippen LogP contribution >= 0.6 is 0 Å². The topological polar surface area (TPSA) is 20.2 Å². The lowest BCUT2D eigenvalue weighted by Gasteiger charge is -2.03. The molecule has 0 aliphatic heterocycles. The van der Waals surface area contributed by atoms with Gasteiger partial charge in [0, 0.05) is 0 Å². The molecule has 1 nitrogen and oxygen atoms in total. The van der Waals surface area contributed by atoms with Crippen molar-refractivity contribution in [1.82, 2.24) is 0 Å². The summed E-state index contributed by atoms with van der Waals surface area (Å²) in [4.78, 5) is 0. The molecule has 82 valence electrons. The molecule has 0 radical (unpaired) electrons. The molecule has 0 unspecified atom stereocenters. The summed E-state index contributed by atoms with van der Waals surface area (Å²) in [5, 5.41) is 9.06. The van der Waals surface area contributed by atoms with Gasteiger partial charge in [0.25, 0.3) is 0 Å². The minimum Gasteiger partial charge on any atom is -0.508 e. The van der Waals surface area contributed by atoms with E-state index in [2.05, 4.69) is 13.8 Å². The van der Waals surface area contributed by atoms with Crippen LogP contribution < -0.4 is 0 Å². The fourth-order valence-corrected chi connectivity index (χ4v) is 0.884. The molecular formula is C13H24O. The van der Waals surface area contributed by atoms with E-state index in [1.165, 1.54) is 5.56 Å². The SMILES string of the molecule is CC.CC.CC(C)c1cccc(O)c1. The van der Waals surface area contributed by atoms with Crippen molar-refractivity contribution < 1.29 is 5.11 Å². The molecule has 0 fully saturated rings. The zero-order valence-corrected chi connectivity index (χ0v) is 10.3. The highest BCUT2D eigenvalue weighted by atomic mass is 16.3. The largest absolute Gasteiger partial charge is 0.508 e. The molecular weight excluding hydrogens is 172 g/mol. The van der Waals surface area contributed by atoms with Gasteiger partial charge in [0.2, 0.25) is 0 Å². The van der Waals surface area contributed by atoms with Crippen LogP contribution in [0.25, 0.3) is 0 Å². The van der Waals surface area contributed by atoms with E-state index in [-0.39, 0.29) is 0 Å². The van der Waals surface area contributed by atoms with Crippen LogP contribution in [0.2, 0.25) is 0 Å². The Morgan fingerprint density at radius 2 is 1.50 bits per heavy atom. The zero-order chi connectivity index (χ0) is 11.6. The van der Waals surface area contributed by atoms with Gasteiger partial charge in [-0.2, -0.15) is 0 Å². The summed E-state index contributed by atoms with van der Waals surface area (Å²) in [5.74, 6) is 0.846.